The molecule has 0 radical (unpaired) electrons. The fourth-order valence-electron chi connectivity index (χ4n) is 4.73. The van der Waals surface area contributed by atoms with E-state index in [1.54, 1.807) is 30.3 Å². The smallest absolute Gasteiger partial charge is 0.221 e. The van der Waals surface area contributed by atoms with Crippen molar-refractivity contribution in [3.8, 4) is 28.2 Å². The second kappa shape index (κ2) is 15.4. The van der Waals surface area contributed by atoms with Crippen LogP contribution in [0.1, 0.15) is 37.5 Å². The molecule has 9 N–H and O–H groups in total. The molecular weight excluding hydrogens is 570 g/mol. The maximum atomic E-state index is 12.0. The summed E-state index contributed by atoms with van der Waals surface area (Å²) in [6.45, 7) is 3.19. The van der Waals surface area contributed by atoms with Gasteiger partial charge in [-0.3, -0.25) is 9.59 Å². The first-order valence-electron chi connectivity index (χ1n) is 14.2. The number of unbranched alkanes of at least 4 members (excludes halogenated alkanes) is 1. The Labute approximate surface area is 254 Å². The van der Waals surface area contributed by atoms with E-state index in [9.17, 15) is 24.9 Å². The van der Waals surface area contributed by atoms with E-state index >= 15 is 0 Å². The van der Waals surface area contributed by atoms with Crippen LogP contribution in [0, 0.1) is 0 Å². The SMILES string of the molecule is NCCCCNCCC(=O)NCCCNC(=S)Nc1ccc(-c2c3ccc(=O)cc-3oc3cc(O)ccc23)c(C(O)O)c1. The van der Waals surface area contributed by atoms with Gasteiger partial charge in [0.2, 0.25) is 5.91 Å². The summed E-state index contributed by atoms with van der Waals surface area (Å²) in [6.07, 6.45) is 1.22. The minimum Gasteiger partial charge on any atom is -0.508 e. The molecule has 1 aliphatic heterocycles. The molecule has 12 heteroatoms. The molecule has 43 heavy (non-hydrogen) atoms. The third-order valence-corrected chi connectivity index (χ3v) is 7.08. The van der Waals surface area contributed by atoms with Gasteiger partial charge in [0.15, 0.2) is 16.8 Å². The summed E-state index contributed by atoms with van der Waals surface area (Å²) in [5, 5.41) is 43.9. The van der Waals surface area contributed by atoms with E-state index in [2.05, 4.69) is 21.3 Å². The number of aliphatic hydroxyl groups is 2. The van der Waals surface area contributed by atoms with Crippen LogP contribution in [0.4, 0.5) is 5.69 Å². The van der Waals surface area contributed by atoms with Crippen molar-refractivity contribution in [2.24, 2.45) is 5.73 Å². The molecule has 0 unspecified atom stereocenters. The van der Waals surface area contributed by atoms with E-state index in [4.69, 9.17) is 22.4 Å². The van der Waals surface area contributed by atoms with Crippen molar-refractivity contribution in [2.45, 2.75) is 32.0 Å². The summed E-state index contributed by atoms with van der Waals surface area (Å²) < 4.78 is 5.90. The molecule has 0 spiro atoms. The number of phenolic OH excluding ortho intramolecular Hbond substituents is 1. The Hall–Kier alpha value is -4.07. The number of fused-ring (bicyclic) bond motifs is 2. The van der Waals surface area contributed by atoms with Crippen LogP contribution in [0.3, 0.4) is 0 Å². The highest BCUT2D eigenvalue weighted by molar-refractivity contribution is 7.80. The zero-order valence-electron chi connectivity index (χ0n) is 23.7. The molecule has 0 atom stereocenters. The molecule has 0 saturated carbocycles. The predicted molar refractivity (Wildman–Crippen MR) is 171 cm³/mol. The topological polar surface area (TPSA) is 182 Å². The summed E-state index contributed by atoms with van der Waals surface area (Å²) in [4.78, 5) is 24.0. The van der Waals surface area contributed by atoms with E-state index < -0.39 is 6.29 Å². The molecule has 0 saturated heterocycles. The molecule has 1 aliphatic carbocycles. The lowest BCUT2D eigenvalue weighted by Crippen LogP contribution is -2.33. The van der Waals surface area contributed by atoms with Crippen LogP contribution in [0.5, 0.6) is 5.75 Å². The van der Waals surface area contributed by atoms with Gasteiger partial charge in [0.1, 0.15) is 17.1 Å². The summed E-state index contributed by atoms with van der Waals surface area (Å²) in [7, 11) is 0. The fourth-order valence-corrected chi connectivity index (χ4v) is 4.95. The normalized spacial score (nSPS) is 11.3. The van der Waals surface area contributed by atoms with E-state index in [0.717, 1.165) is 19.4 Å². The van der Waals surface area contributed by atoms with Crippen molar-refractivity contribution >= 4 is 39.9 Å². The van der Waals surface area contributed by atoms with Gasteiger partial charge in [-0.1, -0.05) is 6.07 Å². The van der Waals surface area contributed by atoms with E-state index in [1.807, 2.05) is 0 Å². The lowest BCUT2D eigenvalue weighted by atomic mass is 9.90. The van der Waals surface area contributed by atoms with Crippen LogP contribution in [-0.2, 0) is 4.79 Å². The summed E-state index contributed by atoms with van der Waals surface area (Å²) in [5.41, 5.74) is 8.03. The zero-order valence-corrected chi connectivity index (χ0v) is 24.5. The number of rotatable bonds is 14. The second-order valence-corrected chi connectivity index (χ2v) is 10.5. The summed E-state index contributed by atoms with van der Waals surface area (Å²) >= 11 is 5.41. The standard InChI is InChI=1S/C31H37N5O6S/c32-11-1-2-12-33-15-10-28(39)34-13-3-14-35-31(43)36-19-4-7-22(25(16-19)30(40)41)29-23-8-5-20(37)17-26(23)42-27-18-21(38)6-9-24(27)29/h4-9,16-18,30,33,37,40-41H,1-3,10-15,32H2,(H,34,39)(H2,35,36,43). The van der Waals surface area contributed by atoms with Crippen molar-refractivity contribution in [2.75, 3.05) is 38.0 Å². The molecule has 1 amide bonds. The Bertz CT molecular complexity index is 1590. The van der Waals surface area contributed by atoms with E-state index in [0.29, 0.717) is 83.2 Å². The number of phenols is 1. The van der Waals surface area contributed by atoms with Crippen molar-refractivity contribution in [3.63, 3.8) is 0 Å². The average molecular weight is 608 g/mol. The minimum atomic E-state index is -1.82. The maximum Gasteiger partial charge on any atom is 0.221 e. The molecule has 1 heterocycles. The number of aliphatic hydroxyl groups excluding tert-OH is 1. The van der Waals surface area contributed by atoms with Crippen LogP contribution >= 0.6 is 12.2 Å². The van der Waals surface area contributed by atoms with Crippen molar-refractivity contribution in [1.29, 1.82) is 0 Å². The van der Waals surface area contributed by atoms with Gasteiger partial charge in [0, 0.05) is 66.0 Å². The first-order valence-corrected chi connectivity index (χ1v) is 14.6. The third kappa shape index (κ3) is 8.72. The number of hydrogen-bond donors (Lipinski definition) is 8. The average Bonchev–Trinajstić information content (AvgIpc) is 2.97. The number of carbonyl (C=O) groups is 1. The number of nitrogens with one attached hydrogen (secondary N) is 4. The number of aromatic hydroxyl groups is 1. The molecule has 4 rings (SSSR count). The molecule has 0 aromatic heterocycles. The number of hydrogen-bond acceptors (Lipinski definition) is 9. The minimum absolute atomic E-state index is 0.00723. The summed E-state index contributed by atoms with van der Waals surface area (Å²) in [5.74, 6) is 0.282. The Kier molecular flexibility index (Phi) is 11.4. The zero-order chi connectivity index (χ0) is 30.8. The predicted octanol–water partition coefficient (Wildman–Crippen LogP) is 2.76. The fraction of sp³-hybridized carbons (Fsp3) is 0.323. The first-order chi connectivity index (χ1) is 20.8. The highest BCUT2D eigenvalue weighted by Gasteiger charge is 2.22. The van der Waals surface area contributed by atoms with Crippen molar-refractivity contribution < 1.29 is 24.5 Å². The van der Waals surface area contributed by atoms with Gasteiger partial charge in [-0.25, -0.2) is 0 Å². The molecule has 0 fully saturated rings. The first kappa shape index (κ1) is 31.9. The molecule has 11 nitrogen and oxygen atoms in total. The van der Waals surface area contributed by atoms with Gasteiger partial charge < -0.3 is 46.7 Å². The number of nitrogens with two attached hydrogens (primary N) is 1. The highest BCUT2D eigenvalue weighted by atomic mass is 32.1. The number of anilines is 1. The Morgan fingerprint density at radius 2 is 1.70 bits per heavy atom. The number of thiocarbonyl (C=S) groups is 1. The van der Waals surface area contributed by atoms with Gasteiger partial charge in [-0.2, -0.15) is 0 Å². The van der Waals surface area contributed by atoms with Crippen LogP contribution in [0.2, 0.25) is 0 Å². The van der Waals surface area contributed by atoms with Gasteiger partial charge in [-0.05, 0) is 86.5 Å². The largest absolute Gasteiger partial charge is 0.508 e. The lowest BCUT2D eigenvalue weighted by molar-refractivity contribution is -0.121. The van der Waals surface area contributed by atoms with Crippen LogP contribution in [0.25, 0.3) is 33.4 Å². The molecule has 0 bridgehead atoms. The van der Waals surface area contributed by atoms with Gasteiger partial charge in [0.25, 0.3) is 0 Å². The highest BCUT2D eigenvalue weighted by Crippen LogP contribution is 2.43. The molecule has 2 aromatic carbocycles. The lowest BCUT2D eigenvalue weighted by Gasteiger charge is -2.20. The van der Waals surface area contributed by atoms with Gasteiger partial charge in [-0.15, -0.1) is 0 Å². The Balaban J connectivity index is 1.39. The third-order valence-electron chi connectivity index (χ3n) is 6.83. The number of amides is 1. The second-order valence-electron chi connectivity index (χ2n) is 10.1. The van der Waals surface area contributed by atoms with E-state index in [1.165, 1.54) is 24.3 Å². The number of benzene rings is 3. The molecular formula is C31H37N5O6S. The molecule has 2 aromatic rings. The van der Waals surface area contributed by atoms with E-state index in [-0.39, 0.29) is 22.6 Å². The van der Waals surface area contributed by atoms with Crippen LogP contribution < -0.4 is 32.4 Å². The maximum absolute atomic E-state index is 12.0. The molecule has 2 aliphatic rings. The Morgan fingerprint density at radius 1 is 0.907 bits per heavy atom. The van der Waals surface area contributed by atoms with Gasteiger partial charge >= 0.3 is 0 Å². The number of carbonyl (C=O) groups excluding carboxylic acids is 1. The van der Waals surface area contributed by atoms with Gasteiger partial charge in [0.05, 0.1) is 0 Å². The molecule has 228 valence electrons. The monoisotopic (exact) mass is 607 g/mol. The van der Waals surface area contributed by atoms with Crippen molar-refractivity contribution in [3.05, 3.63) is 70.4 Å². The van der Waals surface area contributed by atoms with Crippen LogP contribution in [-0.4, -0.2) is 59.1 Å². The quantitative estimate of drug-likeness (QED) is 0.0457. The summed E-state index contributed by atoms with van der Waals surface area (Å²) in [6, 6.07) is 14.1. The van der Waals surface area contributed by atoms with Crippen molar-refractivity contribution in [1.82, 2.24) is 16.0 Å². The van der Waals surface area contributed by atoms with Crippen LogP contribution in [0.15, 0.2) is 63.8 Å². The Morgan fingerprint density at radius 3 is 2.49 bits per heavy atom.